The molecule has 0 radical (unpaired) electrons. The number of hydrogen-bond donors (Lipinski definition) is 2. The summed E-state index contributed by atoms with van der Waals surface area (Å²) in [4.78, 5) is 0.527. The molecule has 0 unspecified atom stereocenters. The van der Waals surface area contributed by atoms with Crippen molar-refractivity contribution in [3.63, 3.8) is 0 Å². The van der Waals surface area contributed by atoms with Gasteiger partial charge in [0, 0.05) is 15.7 Å². The molecule has 1 heterocycles. The number of benzene rings is 2. The zero-order chi connectivity index (χ0) is 20.5. The molecule has 0 atom stereocenters. The van der Waals surface area contributed by atoms with Gasteiger partial charge in [0.15, 0.2) is 0 Å². The first kappa shape index (κ1) is 21.0. The summed E-state index contributed by atoms with van der Waals surface area (Å²) in [5, 5.41) is 17.7. The van der Waals surface area contributed by atoms with Crippen molar-refractivity contribution < 1.29 is 18.4 Å². The first-order valence-electron chi connectivity index (χ1n) is 7.60. The normalized spacial score (nSPS) is 12.3. The minimum absolute atomic E-state index is 0.114. The van der Waals surface area contributed by atoms with E-state index in [1.807, 2.05) is 0 Å². The van der Waals surface area contributed by atoms with E-state index in [0.717, 1.165) is 6.07 Å². The smallest absolute Gasteiger partial charge is 0.410 e. The molecule has 0 spiro atoms. The van der Waals surface area contributed by atoms with Crippen molar-refractivity contribution in [2.24, 2.45) is 5.16 Å². The van der Waals surface area contributed by atoms with E-state index in [9.17, 15) is 18.4 Å². The summed E-state index contributed by atoms with van der Waals surface area (Å²) in [7, 11) is 0. The monoisotopic (exact) mass is 508 g/mol. The number of alkyl halides is 3. The first-order valence-corrected chi connectivity index (χ1v) is 10.0. The fourth-order valence-corrected chi connectivity index (χ4v) is 4.26. The molecular formula is C18H10BrCl2F3N2OS. The maximum Gasteiger partial charge on any atom is 0.418 e. The van der Waals surface area contributed by atoms with E-state index in [1.54, 1.807) is 17.5 Å². The van der Waals surface area contributed by atoms with Crippen molar-refractivity contribution in [2.45, 2.75) is 6.18 Å². The quantitative estimate of drug-likeness (QED) is 0.214. The summed E-state index contributed by atoms with van der Waals surface area (Å²) in [5.74, 6) is 0. The van der Waals surface area contributed by atoms with Gasteiger partial charge in [0.05, 0.1) is 26.2 Å². The molecule has 3 nitrogen and oxygen atoms in total. The maximum absolute atomic E-state index is 13.3. The summed E-state index contributed by atoms with van der Waals surface area (Å²) in [6, 6.07) is 10.0. The van der Waals surface area contributed by atoms with Crippen LogP contribution in [-0.4, -0.2) is 10.9 Å². The van der Waals surface area contributed by atoms with E-state index >= 15 is 0 Å². The molecule has 3 rings (SSSR count). The van der Waals surface area contributed by atoms with Gasteiger partial charge in [0.2, 0.25) is 0 Å². The first-order chi connectivity index (χ1) is 13.2. The third-order valence-corrected chi connectivity index (χ3v) is 5.88. The molecule has 146 valence electrons. The lowest BCUT2D eigenvalue weighted by atomic mass is 10.1. The number of hydrogen-bond acceptors (Lipinski definition) is 4. The van der Waals surface area contributed by atoms with Gasteiger partial charge in [-0.25, -0.2) is 0 Å². The summed E-state index contributed by atoms with van der Waals surface area (Å²) in [6.45, 7) is 0. The van der Waals surface area contributed by atoms with Crippen molar-refractivity contribution in [3.8, 4) is 0 Å². The predicted octanol–water partition coefficient (Wildman–Crippen LogP) is 7.81. The summed E-state index contributed by atoms with van der Waals surface area (Å²) in [5.41, 5.74) is -0.0138. The summed E-state index contributed by atoms with van der Waals surface area (Å²) >= 11 is 16.7. The molecule has 3 aromatic rings. The van der Waals surface area contributed by atoms with Gasteiger partial charge in [-0.2, -0.15) is 13.2 Å². The van der Waals surface area contributed by atoms with E-state index in [-0.39, 0.29) is 16.4 Å². The molecule has 0 amide bonds. The van der Waals surface area contributed by atoms with E-state index in [1.165, 1.54) is 35.6 Å². The third kappa shape index (κ3) is 4.46. The highest BCUT2D eigenvalue weighted by atomic mass is 79.9. The van der Waals surface area contributed by atoms with Crippen LogP contribution in [0.2, 0.25) is 10.0 Å². The summed E-state index contributed by atoms with van der Waals surface area (Å²) < 4.78 is 40.2. The third-order valence-electron chi connectivity index (χ3n) is 3.72. The lowest BCUT2D eigenvalue weighted by Crippen LogP contribution is -2.09. The Morgan fingerprint density at radius 2 is 1.82 bits per heavy atom. The van der Waals surface area contributed by atoms with Crippen LogP contribution < -0.4 is 5.32 Å². The van der Waals surface area contributed by atoms with Crippen LogP contribution in [0.25, 0.3) is 0 Å². The molecule has 0 aliphatic rings. The Balaban J connectivity index is 1.95. The number of anilines is 2. The Bertz CT molecular complexity index is 1050. The van der Waals surface area contributed by atoms with Crippen LogP contribution >= 0.6 is 50.5 Å². The minimum atomic E-state index is -4.53. The van der Waals surface area contributed by atoms with Gasteiger partial charge in [0.1, 0.15) is 5.71 Å². The second kappa shape index (κ2) is 8.32. The molecule has 2 aromatic carbocycles. The molecule has 0 saturated heterocycles. The Morgan fingerprint density at radius 1 is 1.07 bits per heavy atom. The minimum Gasteiger partial charge on any atom is -0.410 e. The van der Waals surface area contributed by atoms with Crippen molar-refractivity contribution in [1.82, 2.24) is 0 Å². The van der Waals surface area contributed by atoms with E-state index in [2.05, 4.69) is 26.4 Å². The van der Waals surface area contributed by atoms with Gasteiger partial charge in [0.25, 0.3) is 0 Å². The lowest BCUT2D eigenvalue weighted by Gasteiger charge is -2.16. The number of thiophene rings is 1. The van der Waals surface area contributed by atoms with Gasteiger partial charge in [-0.05, 0) is 47.8 Å². The number of rotatable bonds is 4. The molecule has 0 aliphatic carbocycles. The number of oxime groups is 1. The Kier molecular flexibility index (Phi) is 6.24. The highest BCUT2D eigenvalue weighted by Crippen LogP contribution is 2.38. The molecule has 0 fully saturated rings. The molecule has 1 aromatic heterocycles. The van der Waals surface area contributed by atoms with E-state index < -0.39 is 11.7 Å². The van der Waals surface area contributed by atoms with Crippen molar-refractivity contribution >= 4 is 67.6 Å². The van der Waals surface area contributed by atoms with Crippen LogP contribution in [-0.2, 0) is 6.18 Å². The second-order valence-electron chi connectivity index (χ2n) is 5.55. The molecular weight excluding hydrogens is 500 g/mol. The van der Waals surface area contributed by atoms with Crippen molar-refractivity contribution in [3.05, 3.63) is 78.4 Å². The van der Waals surface area contributed by atoms with Gasteiger partial charge in [-0.1, -0.05) is 44.3 Å². The van der Waals surface area contributed by atoms with Crippen LogP contribution in [0.1, 0.15) is 16.0 Å². The average molecular weight is 510 g/mol. The summed E-state index contributed by atoms with van der Waals surface area (Å²) in [6.07, 6.45) is -4.53. The van der Waals surface area contributed by atoms with Crippen molar-refractivity contribution in [2.75, 3.05) is 5.32 Å². The lowest BCUT2D eigenvalue weighted by molar-refractivity contribution is -0.137. The van der Waals surface area contributed by atoms with Gasteiger partial charge in [-0.15, -0.1) is 11.3 Å². The van der Waals surface area contributed by atoms with Crippen molar-refractivity contribution in [1.29, 1.82) is 0 Å². The van der Waals surface area contributed by atoms with E-state index in [0.29, 0.717) is 25.6 Å². The van der Waals surface area contributed by atoms with Crippen LogP contribution in [0.15, 0.2) is 57.5 Å². The maximum atomic E-state index is 13.3. The number of nitrogens with zero attached hydrogens (tertiary/aromatic N) is 1. The molecule has 10 heteroatoms. The zero-order valence-corrected chi connectivity index (χ0v) is 17.6. The standard InChI is InChI=1S/C18H10BrCl2F3N2OS/c19-9-1-4-15(12(7-9)18(22,23)24)25-10-2-3-11(14(21)8-10)16(26-27)17-13(20)5-6-28-17/h1-8,25,27H/b26-16-. The largest absolute Gasteiger partial charge is 0.418 e. The number of nitrogens with one attached hydrogen (secondary N) is 1. The predicted molar refractivity (Wildman–Crippen MR) is 111 cm³/mol. The molecule has 0 bridgehead atoms. The highest BCUT2D eigenvalue weighted by molar-refractivity contribution is 9.10. The van der Waals surface area contributed by atoms with Crippen LogP contribution in [0.3, 0.4) is 0 Å². The Morgan fingerprint density at radius 3 is 2.39 bits per heavy atom. The fourth-order valence-electron chi connectivity index (χ4n) is 2.48. The second-order valence-corrected chi connectivity index (χ2v) is 8.20. The van der Waals surface area contributed by atoms with E-state index in [4.69, 9.17) is 23.2 Å². The fraction of sp³-hybridized carbons (Fsp3) is 0.0556. The highest BCUT2D eigenvalue weighted by Gasteiger charge is 2.33. The average Bonchev–Trinajstić information content (AvgIpc) is 3.04. The van der Waals surface area contributed by atoms with Crippen LogP contribution in [0.4, 0.5) is 24.5 Å². The molecule has 2 N–H and O–H groups in total. The molecule has 28 heavy (non-hydrogen) atoms. The van der Waals surface area contributed by atoms with Gasteiger partial charge < -0.3 is 10.5 Å². The zero-order valence-electron chi connectivity index (χ0n) is 13.7. The Hall–Kier alpha value is -1.74. The van der Waals surface area contributed by atoms with Gasteiger partial charge in [-0.3, -0.25) is 0 Å². The van der Waals surface area contributed by atoms with Crippen LogP contribution in [0, 0.1) is 0 Å². The van der Waals surface area contributed by atoms with Gasteiger partial charge >= 0.3 is 6.18 Å². The SMILES string of the molecule is O/N=C(/c1ccc(Nc2ccc(Br)cc2C(F)(F)F)cc1Cl)c1sccc1Cl. The Labute approximate surface area is 180 Å². The topological polar surface area (TPSA) is 44.6 Å². The number of halogens is 6. The molecule has 0 aliphatic heterocycles. The van der Waals surface area contributed by atoms with Crippen LogP contribution in [0.5, 0.6) is 0 Å². The molecule has 0 saturated carbocycles.